The van der Waals surface area contributed by atoms with Crippen LogP contribution in [-0.4, -0.2) is 87.5 Å². The van der Waals surface area contributed by atoms with Crippen molar-refractivity contribution in [2.75, 3.05) is 13.2 Å². The molecule has 0 radical (unpaired) electrons. The van der Waals surface area contributed by atoms with Crippen molar-refractivity contribution in [2.45, 2.75) is 391 Å². The van der Waals surface area contributed by atoms with E-state index in [1.54, 1.807) is 0 Å². The molecule has 0 aromatic rings. The van der Waals surface area contributed by atoms with Crippen LogP contribution in [0, 0.1) is 0 Å². The molecule has 1 aliphatic rings. The summed E-state index contributed by atoms with van der Waals surface area (Å²) < 4.78 is 11.3. The van der Waals surface area contributed by atoms with Gasteiger partial charge in [-0.15, -0.1) is 0 Å². The molecule has 1 saturated heterocycles. The maximum Gasteiger partial charge on any atom is 0.220 e. The average Bonchev–Trinajstić information content (AvgIpc) is 3.43. The van der Waals surface area contributed by atoms with E-state index in [1.165, 1.54) is 276 Å². The third kappa shape index (κ3) is 46.9. The summed E-state index contributed by atoms with van der Waals surface area (Å²) in [5.74, 6) is -0.138. The predicted octanol–water partition coefficient (Wildman–Crippen LogP) is 18.1. The molecule has 77 heavy (non-hydrogen) atoms. The van der Waals surface area contributed by atoms with Gasteiger partial charge in [0.1, 0.15) is 24.4 Å². The number of carbonyl (C=O) groups excluding carboxylic acids is 1. The molecule has 1 heterocycles. The molecule has 0 aliphatic carbocycles. The highest BCUT2D eigenvalue weighted by Crippen LogP contribution is 2.24. The molecule has 1 rings (SSSR count). The van der Waals surface area contributed by atoms with Crippen LogP contribution < -0.4 is 5.32 Å². The second-order valence-electron chi connectivity index (χ2n) is 24.0. The number of rotatable bonds is 60. The number of amides is 1. The Morgan fingerprint density at radius 3 is 1.12 bits per heavy atom. The fraction of sp³-hybridized carbons (Fsp3) is 0.926. The standard InChI is InChI=1S/C68H131NO8/c1-3-5-7-9-11-13-15-17-19-21-22-23-24-25-26-27-28-29-30-31-32-33-34-35-36-37-38-39-40-42-44-46-48-50-52-54-56-58-64(72)69-61(60-76-68-67(75)66(74)65(73)63(59-70)77-68)62(71)57-55-53-51-49-47-45-43-41-20-18-16-14-12-10-8-6-4-2/h26-27,29-30,61-63,65-68,70-71,73-75H,3-25,28,31-60H2,1-2H3,(H,69,72)/b27-26-,30-29-. The molecule has 0 saturated carbocycles. The average molecular weight is 1090 g/mol. The zero-order valence-corrected chi connectivity index (χ0v) is 51.0. The van der Waals surface area contributed by atoms with Crippen molar-refractivity contribution < 1.29 is 39.8 Å². The van der Waals surface area contributed by atoms with E-state index >= 15 is 0 Å². The molecule has 9 heteroatoms. The lowest BCUT2D eigenvalue weighted by Crippen LogP contribution is -2.60. The minimum Gasteiger partial charge on any atom is -0.394 e. The number of aliphatic hydroxyl groups is 5. The molecule has 7 unspecified atom stereocenters. The van der Waals surface area contributed by atoms with Crippen LogP contribution in [0.15, 0.2) is 24.3 Å². The number of hydrogen-bond donors (Lipinski definition) is 6. The zero-order valence-electron chi connectivity index (χ0n) is 51.0. The molecule has 9 nitrogen and oxygen atoms in total. The molecule has 1 amide bonds. The first-order valence-electron chi connectivity index (χ1n) is 34.0. The summed E-state index contributed by atoms with van der Waals surface area (Å²) in [5.41, 5.74) is 0. The minimum atomic E-state index is -1.55. The summed E-state index contributed by atoms with van der Waals surface area (Å²) in [4.78, 5) is 13.1. The highest BCUT2D eigenvalue weighted by atomic mass is 16.7. The zero-order chi connectivity index (χ0) is 55.8. The molecule has 0 spiro atoms. The van der Waals surface area contributed by atoms with E-state index in [9.17, 15) is 30.3 Å². The maximum absolute atomic E-state index is 13.1. The van der Waals surface area contributed by atoms with Crippen LogP contribution in [0.5, 0.6) is 0 Å². The van der Waals surface area contributed by atoms with Crippen molar-refractivity contribution in [3.8, 4) is 0 Å². The van der Waals surface area contributed by atoms with E-state index in [4.69, 9.17) is 9.47 Å². The number of ether oxygens (including phenoxy) is 2. The Morgan fingerprint density at radius 1 is 0.442 bits per heavy atom. The molecule has 7 atom stereocenters. The number of aliphatic hydroxyl groups excluding tert-OH is 5. The Labute approximate surface area is 477 Å². The molecule has 0 bridgehead atoms. The van der Waals surface area contributed by atoms with Crippen LogP contribution in [0.2, 0.25) is 0 Å². The number of carbonyl (C=O) groups is 1. The van der Waals surface area contributed by atoms with Crippen molar-refractivity contribution >= 4 is 5.91 Å². The van der Waals surface area contributed by atoms with Crippen LogP contribution in [0.25, 0.3) is 0 Å². The summed E-state index contributed by atoms with van der Waals surface area (Å²) in [7, 11) is 0. The molecule has 456 valence electrons. The van der Waals surface area contributed by atoms with Gasteiger partial charge in [-0.2, -0.15) is 0 Å². The molecular formula is C68H131NO8. The summed E-state index contributed by atoms with van der Waals surface area (Å²) >= 11 is 0. The molecule has 0 aromatic heterocycles. The fourth-order valence-corrected chi connectivity index (χ4v) is 11.2. The summed E-state index contributed by atoms with van der Waals surface area (Å²) in [6.45, 7) is 3.89. The quantitative estimate of drug-likeness (QED) is 0.0261. The van der Waals surface area contributed by atoms with E-state index < -0.39 is 49.5 Å². The number of hydrogen-bond acceptors (Lipinski definition) is 8. The van der Waals surface area contributed by atoms with E-state index in [0.717, 1.165) is 44.9 Å². The molecule has 6 N–H and O–H groups in total. The Morgan fingerprint density at radius 2 is 0.766 bits per heavy atom. The number of nitrogens with one attached hydrogen (secondary N) is 1. The van der Waals surface area contributed by atoms with Gasteiger partial charge in [0.15, 0.2) is 6.29 Å². The van der Waals surface area contributed by atoms with Crippen LogP contribution in [0.4, 0.5) is 0 Å². The second kappa shape index (κ2) is 57.9. The lowest BCUT2D eigenvalue weighted by molar-refractivity contribution is -0.302. The Hall–Kier alpha value is -1.33. The van der Waals surface area contributed by atoms with Crippen LogP contribution >= 0.6 is 0 Å². The van der Waals surface area contributed by atoms with Gasteiger partial charge in [0, 0.05) is 6.42 Å². The third-order valence-electron chi connectivity index (χ3n) is 16.6. The predicted molar refractivity (Wildman–Crippen MR) is 327 cm³/mol. The third-order valence-corrected chi connectivity index (χ3v) is 16.6. The first-order valence-corrected chi connectivity index (χ1v) is 34.0. The molecule has 0 aromatic carbocycles. The van der Waals surface area contributed by atoms with E-state index in [-0.39, 0.29) is 12.5 Å². The van der Waals surface area contributed by atoms with Gasteiger partial charge in [0.25, 0.3) is 0 Å². The highest BCUT2D eigenvalue weighted by molar-refractivity contribution is 5.76. The number of unbranched alkanes of at least 4 members (excludes halogenated alkanes) is 46. The molecule has 1 aliphatic heterocycles. The van der Waals surface area contributed by atoms with E-state index in [0.29, 0.717) is 12.8 Å². The highest BCUT2D eigenvalue weighted by Gasteiger charge is 2.44. The van der Waals surface area contributed by atoms with Crippen molar-refractivity contribution in [3.63, 3.8) is 0 Å². The van der Waals surface area contributed by atoms with Gasteiger partial charge in [-0.05, 0) is 44.9 Å². The van der Waals surface area contributed by atoms with Crippen LogP contribution in [0.3, 0.4) is 0 Å². The monoisotopic (exact) mass is 1090 g/mol. The smallest absolute Gasteiger partial charge is 0.220 e. The minimum absolute atomic E-state index is 0.134. The van der Waals surface area contributed by atoms with Crippen molar-refractivity contribution in [2.24, 2.45) is 0 Å². The maximum atomic E-state index is 13.1. The first kappa shape index (κ1) is 73.7. The number of allylic oxidation sites excluding steroid dienone is 4. The largest absolute Gasteiger partial charge is 0.394 e. The van der Waals surface area contributed by atoms with Crippen molar-refractivity contribution in [1.82, 2.24) is 5.32 Å². The second-order valence-corrected chi connectivity index (χ2v) is 24.0. The van der Waals surface area contributed by atoms with E-state index in [2.05, 4.69) is 43.5 Å². The van der Waals surface area contributed by atoms with E-state index in [1.807, 2.05) is 0 Å². The topological polar surface area (TPSA) is 149 Å². The van der Waals surface area contributed by atoms with Crippen molar-refractivity contribution in [1.29, 1.82) is 0 Å². The normalized spacial score (nSPS) is 18.8. The SMILES string of the molecule is CCCCCCCCCCCCCCC/C=C\C/C=C\CCCCCCCCCCCCCCCCCCCC(=O)NC(COC1OC(CO)C(O)C(O)C1O)C(O)CCCCCCCCCCCCCCCCCCC. The lowest BCUT2D eigenvalue weighted by atomic mass is 9.99. The molecular weight excluding hydrogens is 959 g/mol. The van der Waals surface area contributed by atoms with Crippen LogP contribution in [0.1, 0.15) is 348 Å². The molecule has 1 fully saturated rings. The van der Waals surface area contributed by atoms with Crippen LogP contribution in [-0.2, 0) is 14.3 Å². The van der Waals surface area contributed by atoms with Gasteiger partial charge in [-0.1, -0.05) is 321 Å². The summed E-state index contributed by atoms with van der Waals surface area (Å²) in [6, 6.07) is -0.717. The van der Waals surface area contributed by atoms with Gasteiger partial charge in [0.2, 0.25) is 5.91 Å². The van der Waals surface area contributed by atoms with Gasteiger partial charge >= 0.3 is 0 Å². The van der Waals surface area contributed by atoms with Crippen molar-refractivity contribution in [3.05, 3.63) is 24.3 Å². The summed E-state index contributed by atoms with van der Waals surface area (Å²) in [5, 5.41) is 54.8. The van der Waals surface area contributed by atoms with Gasteiger partial charge in [0.05, 0.1) is 25.4 Å². The summed E-state index contributed by atoms with van der Waals surface area (Å²) in [6.07, 6.45) is 68.2. The Balaban J connectivity index is 2.06. The van der Waals surface area contributed by atoms with Gasteiger partial charge < -0.3 is 40.3 Å². The van der Waals surface area contributed by atoms with Gasteiger partial charge in [-0.3, -0.25) is 4.79 Å². The lowest BCUT2D eigenvalue weighted by Gasteiger charge is -2.40. The Kier molecular flexibility index (Phi) is 55.4. The Bertz CT molecular complexity index is 1260. The van der Waals surface area contributed by atoms with Gasteiger partial charge in [-0.25, -0.2) is 0 Å². The first-order chi connectivity index (χ1) is 37.8. The fourth-order valence-electron chi connectivity index (χ4n) is 11.2.